The van der Waals surface area contributed by atoms with Crippen LogP contribution in [-0.2, 0) is 22.8 Å². The molecule has 2 N–H and O–H groups in total. The van der Waals surface area contributed by atoms with Crippen molar-refractivity contribution < 1.29 is 12.8 Å². The van der Waals surface area contributed by atoms with Crippen LogP contribution in [0.4, 0.5) is 0 Å². The van der Waals surface area contributed by atoms with E-state index in [0.717, 1.165) is 55.2 Å². The van der Waals surface area contributed by atoms with Gasteiger partial charge < -0.3 is 15.1 Å². The van der Waals surface area contributed by atoms with E-state index in [9.17, 15) is 8.42 Å². The molecule has 1 heterocycles. The molecule has 0 unspecified atom stereocenters. The fourth-order valence-electron chi connectivity index (χ4n) is 2.71. The average Bonchev–Trinajstić information content (AvgIpc) is 3.11. The molecule has 0 atom stereocenters. The van der Waals surface area contributed by atoms with Gasteiger partial charge in [-0.15, -0.1) is 24.0 Å². The molecule has 6 nitrogen and oxygen atoms in total. The normalized spacial score (nSPS) is 11.8. The second-order valence-electron chi connectivity index (χ2n) is 6.57. The maximum absolute atomic E-state index is 11.7. The van der Waals surface area contributed by atoms with Crippen LogP contribution < -0.4 is 10.6 Å². The lowest BCUT2D eigenvalue weighted by molar-refractivity contribution is 0.506. The Morgan fingerprint density at radius 1 is 1.18 bits per heavy atom. The Bertz CT molecular complexity index is 850. The van der Waals surface area contributed by atoms with E-state index in [1.54, 1.807) is 12.3 Å². The molecule has 0 bridgehead atoms. The van der Waals surface area contributed by atoms with Crippen LogP contribution in [-0.4, -0.2) is 33.7 Å². The van der Waals surface area contributed by atoms with Crippen molar-refractivity contribution in [3.05, 3.63) is 53.5 Å². The maximum atomic E-state index is 11.7. The Labute approximate surface area is 185 Å². The van der Waals surface area contributed by atoms with E-state index in [1.165, 1.54) is 6.26 Å². The van der Waals surface area contributed by atoms with Gasteiger partial charge >= 0.3 is 0 Å². The third-order valence-electron chi connectivity index (χ3n) is 4.13. The first kappa shape index (κ1) is 24.5. The van der Waals surface area contributed by atoms with Crippen molar-refractivity contribution >= 4 is 39.8 Å². The molecule has 1 aromatic carbocycles. The summed E-state index contributed by atoms with van der Waals surface area (Å²) in [6, 6.07) is 9.19. The van der Waals surface area contributed by atoms with Gasteiger partial charge in [-0.05, 0) is 42.7 Å². The second-order valence-corrected chi connectivity index (χ2v) is 8.56. The largest absolute Gasteiger partial charge is 0.469 e. The molecular formula is C20H30IN3O3S. The van der Waals surface area contributed by atoms with Gasteiger partial charge in [0.2, 0.25) is 0 Å². The molecule has 0 saturated carbocycles. The highest BCUT2D eigenvalue weighted by molar-refractivity contribution is 14.0. The van der Waals surface area contributed by atoms with Crippen molar-refractivity contribution in [2.45, 2.75) is 44.6 Å². The highest BCUT2D eigenvalue weighted by Crippen LogP contribution is 2.17. The fourth-order valence-corrected chi connectivity index (χ4v) is 3.67. The van der Waals surface area contributed by atoms with Crippen molar-refractivity contribution in [1.82, 2.24) is 10.6 Å². The predicted molar refractivity (Wildman–Crippen MR) is 124 cm³/mol. The molecule has 0 saturated heterocycles. The molecule has 156 valence electrons. The van der Waals surface area contributed by atoms with E-state index in [1.807, 2.05) is 31.2 Å². The SMILES string of the molecule is CCCCNC(=NCc1ccc(S(C)(=O)=O)c(C)c1)NCCc1ccco1.I. The van der Waals surface area contributed by atoms with Crippen LogP contribution in [0.25, 0.3) is 0 Å². The highest BCUT2D eigenvalue weighted by atomic mass is 127. The Morgan fingerprint density at radius 3 is 2.54 bits per heavy atom. The Morgan fingerprint density at radius 2 is 1.93 bits per heavy atom. The van der Waals surface area contributed by atoms with Crippen LogP contribution in [0.15, 0.2) is 50.9 Å². The van der Waals surface area contributed by atoms with Gasteiger partial charge in [-0.1, -0.05) is 25.5 Å². The molecule has 0 amide bonds. The summed E-state index contributed by atoms with van der Waals surface area (Å²) in [4.78, 5) is 5.00. The maximum Gasteiger partial charge on any atom is 0.191 e. The number of sulfone groups is 1. The molecule has 0 radical (unpaired) electrons. The van der Waals surface area contributed by atoms with Crippen LogP contribution in [0.3, 0.4) is 0 Å². The molecule has 0 aliphatic heterocycles. The van der Waals surface area contributed by atoms with Crippen molar-refractivity contribution in [1.29, 1.82) is 0 Å². The topological polar surface area (TPSA) is 83.7 Å². The average molecular weight is 519 g/mol. The number of nitrogens with one attached hydrogen (secondary N) is 2. The minimum atomic E-state index is -3.20. The van der Waals surface area contributed by atoms with Gasteiger partial charge in [0.15, 0.2) is 15.8 Å². The Balaban J connectivity index is 0.00000392. The monoisotopic (exact) mass is 519 g/mol. The molecule has 0 fully saturated rings. The first-order valence-electron chi connectivity index (χ1n) is 9.24. The second kappa shape index (κ2) is 12.1. The van der Waals surface area contributed by atoms with Gasteiger partial charge in [0.1, 0.15) is 5.76 Å². The zero-order valence-corrected chi connectivity index (χ0v) is 19.8. The van der Waals surface area contributed by atoms with Crippen LogP contribution in [0.1, 0.15) is 36.7 Å². The lowest BCUT2D eigenvalue weighted by Crippen LogP contribution is -2.38. The zero-order valence-electron chi connectivity index (χ0n) is 16.7. The molecule has 0 aliphatic carbocycles. The van der Waals surface area contributed by atoms with Crippen molar-refractivity contribution in [2.24, 2.45) is 4.99 Å². The summed E-state index contributed by atoms with van der Waals surface area (Å²) in [6.07, 6.45) is 5.86. The standard InChI is InChI=1S/C20H29N3O3S.HI/c1-4-5-11-21-20(22-12-10-18-7-6-13-26-18)23-15-17-8-9-19(16(2)14-17)27(3,24)25;/h6-9,13-14H,4-5,10-12,15H2,1-3H3,(H2,21,22,23);1H. The molecule has 1 aromatic heterocycles. The van der Waals surface area contributed by atoms with Crippen molar-refractivity contribution in [3.63, 3.8) is 0 Å². The van der Waals surface area contributed by atoms with Crippen molar-refractivity contribution in [3.8, 4) is 0 Å². The van der Waals surface area contributed by atoms with Gasteiger partial charge in [-0.25, -0.2) is 13.4 Å². The summed E-state index contributed by atoms with van der Waals surface area (Å²) in [5.41, 5.74) is 1.72. The summed E-state index contributed by atoms with van der Waals surface area (Å²) in [6.45, 7) is 6.01. The number of rotatable bonds is 9. The number of hydrogen-bond acceptors (Lipinski definition) is 4. The smallest absolute Gasteiger partial charge is 0.191 e. The van der Waals surface area contributed by atoms with Crippen LogP contribution in [0.5, 0.6) is 0 Å². The summed E-state index contributed by atoms with van der Waals surface area (Å²) < 4.78 is 28.8. The molecule has 2 aromatic rings. The quantitative estimate of drug-likeness (QED) is 0.229. The Kier molecular flexibility index (Phi) is 10.6. The minimum absolute atomic E-state index is 0. The van der Waals surface area contributed by atoms with E-state index in [0.29, 0.717) is 11.4 Å². The van der Waals surface area contributed by atoms with Crippen molar-refractivity contribution in [2.75, 3.05) is 19.3 Å². The van der Waals surface area contributed by atoms with Crippen LogP contribution >= 0.6 is 24.0 Å². The summed E-state index contributed by atoms with van der Waals surface area (Å²) in [5.74, 6) is 1.68. The molecule has 28 heavy (non-hydrogen) atoms. The van der Waals surface area contributed by atoms with E-state index < -0.39 is 9.84 Å². The van der Waals surface area contributed by atoms with Crippen LogP contribution in [0.2, 0.25) is 0 Å². The van der Waals surface area contributed by atoms with Gasteiger partial charge in [0.25, 0.3) is 0 Å². The van der Waals surface area contributed by atoms with Gasteiger partial charge in [-0.2, -0.15) is 0 Å². The lowest BCUT2D eigenvalue weighted by atomic mass is 10.1. The number of aliphatic imine (C=N–C) groups is 1. The predicted octanol–water partition coefficient (Wildman–Crippen LogP) is 3.69. The number of guanidine groups is 1. The minimum Gasteiger partial charge on any atom is -0.469 e. The molecule has 8 heteroatoms. The molecule has 0 aliphatic rings. The number of aryl methyl sites for hydroxylation is 1. The van der Waals surface area contributed by atoms with Gasteiger partial charge in [-0.3, -0.25) is 0 Å². The van der Waals surface area contributed by atoms with Gasteiger partial charge in [0, 0.05) is 25.8 Å². The number of unbranched alkanes of at least 4 members (excludes halogenated alkanes) is 1. The molecule has 0 spiro atoms. The van der Waals surface area contributed by atoms with E-state index >= 15 is 0 Å². The number of furan rings is 1. The third kappa shape index (κ3) is 8.22. The number of nitrogens with zero attached hydrogens (tertiary/aromatic N) is 1. The van der Waals surface area contributed by atoms with Gasteiger partial charge in [0.05, 0.1) is 17.7 Å². The summed E-state index contributed by atoms with van der Waals surface area (Å²) in [5, 5.41) is 6.65. The third-order valence-corrected chi connectivity index (χ3v) is 5.38. The fraction of sp³-hybridized carbons (Fsp3) is 0.450. The van der Waals surface area contributed by atoms with E-state index in [-0.39, 0.29) is 24.0 Å². The first-order chi connectivity index (χ1) is 12.9. The number of halogens is 1. The lowest BCUT2D eigenvalue weighted by Gasteiger charge is -2.12. The Hall–Kier alpha value is -1.55. The van der Waals surface area contributed by atoms with Crippen LogP contribution in [0, 0.1) is 6.92 Å². The number of benzene rings is 1. The summed E-state index contributed by atoms with van der Waals surface area (Å²) in [7, 11) is -3.20. The van der Waals surface area contributed by atoms with E-state index in [2.05, 4.69) is 22.5 Å². The summed E-state index contributed by atoms with van der Waals surface area (Å²) >= 11 is 0. The first-order valence-corrected chi connectivity index (χ1v) is 11.1. The number of hydrogen-bond donors (Lipinski definition) is 2. The zero-order chi connectivity index (χ0) is 19.7. The highest BCUT2D eigenvalue weighted by Gasteiger charge is 2.10. The molecular weight excluding hydrogens is 489 g/mol. The van der Waals surface area contributed by atoms with E-state index in [4.69, 9.17) is 4.42 Å². The molecule has 2 rings (SSSR count).